The summed E-state index contributed by atoms with van der Waals surface area (Å²) in [6.07, 6.45) is 0.522. The topological polar surface area (TPSA) is 94.4 Å². The molecule has 160 valence electrons. The maximum absolute atomic E-state index is 13.8. The average Bonchev–Trinajstić information content (AvgIpc) is 3.16. The van der Waals surface area contributed by atoms with Crippen LogP contribution in [0.3, 0.4) is 0 Å². The maximum atomic E-state index is 13.8. The largest absolute Gasteiger partial charge is 0.489 e. The molecule has 0 radical (unpaired) electrons. The number of amides is 1. The van der Waals surface area contributed by atoms with Gasteiger partial charge in [0.2, 0.25) is 0 Å². The van der Waals surface area contributed by atoms with E-state index in [1.165, 1.54) is 16.9 Å². The zero-order valence-corrected chi connectivity index (χ0v) is 17.1. The van der Waals surface area contributed by atoms with Crippen LogP contribution in [0.4, 0.5) is 15.8 Å². The lowest BCUT2D eigenvalue weighted by atomic mass is 10.0. The monoisotopic (exact) mass is 424 g/mol. The van der Waals surface area contributed by atoms with Gasteiger partial charge < -0.3 is 19.7 Å². The van der Waals surface area contributed by atoms with Crippen molar-refractivity contribution in [2.24, 2.45) is 7.05 Å². The van der Waals surface area contributed by atoms with Gasteiger partial charge in [0.15, 0.2) is 12.4 Å². The molecular weight excluding hydrogens is 403 g/mol. The Kier molecular flexibility index (Phi) is 4.68. The normalized spacial score (nSPS) is 17.3. The van der Waals surface area contributed by atoms with Crippen LogP contribution in [0, 0.1) is 12.7 Å². The molecule has 2 aliphatic heterocycles. The van der Waals surface area contributed by atoms with Crippen molar-refractivity contribution < 1.29 is 18.7 Å². The van der Waals surface area contributed by atoms with E-state index >= 15 is 0 Å². The highest BCUT2D eigenvalue weighted by molar-refractivity contribution is 5.96. The van der Waals surface area contributed by atoms with Gasteiger partial charge in [0.1, 0.15) is 23.9 Å². The van der Waals surface area contributed by atoms with E-state index in [0.29, 0.717) is 42.6 Å². The highest BCUT2D eigenvalue weighted by atomic mass is 19.1. The predicted molar refractivity (Wildman–Crippen MR) is 110 cm³/mol. The third kappa shape index (κ3) is 3.65. The van der Waals surface area contributed by atoms with E-state index < -0.39 is 0 Å². The molecule has 1 atom stereocenters. The zero-order chi connectivity index (χ0) is 21.5. The highest BCUT2D eigenvalue weighted by Crippen LogP contribution is 2.38. The minimum Gasteiger partial charge on any atom is -0.489 e. The van der Waals surface area contributed by atoms with Gasteiger partial charge >= 0.3 is 0 Å². The Labute approximate surface area is 177 Å². The van der Waals surface area contributed by atoms with Gasteiger partial charge in [0, 0.05) is 19.0 Å². The molecule has 2 aromatic carbocycles. The van der Waals surface area contributed by atoms with E-state index in [0.717, 1.165) is 16.8 Å². The van der Waals surface area contributed by atoms with Crippen LogP contribution in [-0.4, -0.2) is 45.4 Å². The lowest BCUT2D eigenvalue weighted by Crippen LogP contribution is -2.44. The average molecular weight is 424 g/mol. The zero-order valence-electron chi connectivity index (χ0n) is 17.1. The smallest absolute Gasteiger partial charge is 0.262 e. The minimum atomic E-state index is -0.349. The number of hydrogen-bond donors (Lipinski definition) is 1. The van der Waals surface area contributed by atoms with Crippen LogP contribution in [0.2, 0.25) is 0 Å². The molecule has 0 aliphatic carbocycles. The molecule has 3 aromatic rings. The molecule has 0 saturated heterocycles. The number of aryl methyl sites for hydroxylation is 1. The third-order valence-corrected chi connectivity index (χ3v) is 5.57. The lowest BCUT2D eigenvalue weighted by Gasteiger charge is -2.39. The number of hydrogen-bond acceptors (Lipinski definition) is 7. The Morgan fingerprint density at radius 3 is 2.90 bits per heavy atom. The minimum absolute atomic E-state index is 0.0153. The second-order valence-corrected chi connectivity index (χ2v) is 7.66. The summed E-state index contributed by atoms with van der Waals surface area (Å²) >= 11 is 0. The molecule has 1 N–H and O–H groups in total. The van der Waals surface area contributed by atoms with Gasteiger partial charge in [0.05, 0.1) is 24.5 Å². The SMILES string of the molecule is Cc1c(CN2c3ccc(F)cc3OC[C@H]2Cc2nnn(C)n2)ccc2c1NC(=O)CO2. The number of carbonyl (C=O) groups is 1. The van der Waals surface area contributed by atoms with Crippen molar-refractivity contribution in [1.29, 1.82) is 0 Å². The molecule has 0 bridgehead atoms. The van der Waals surface area contributed by atoms with Crippen molar-refractivity contribution in [3.05, 3.63) is 53.1 Å². The van der Waals surface area contributed by atoms with Gasteiger partial charge in [-0.25, -0.2) is 4.39 Å². The first-order valence-corrected chi connectivity index (χ1v) is 9.95. The summed E-state index contributed by atoms with van der Waals surface area (Å²) < 4.78 is 25.2. The van der Waals surface area contributed by atoms with Gasteiger partial charge in [-0.05, 0) is 41.5 Å². The van der Waals surface area contributed by atoms with Crippen LogP contribution in [0.15, 0.2) is 30.3 Å². The number of fused-ring (bicyclic) bond motifs is 2. The van der Waals surface area contributed by atoms with E-state index in [1.807, 2.05) is 19.1 Å². The van der Waals surface area contributed by atoms with E-state index in [2.05, 4.69) is 25.6 Å². The van der Waals surface area contributed by atoms with Crippen molar-refractivity contribution in [2.75, 3.05) is 23.4 Å². The lowest BCUT2D eigenvalue weighted by molar-refractivity contribution is -0.118. The molecular formula is C21H21FN6O3. The van der Waals surface area contributed by atoms with Gasteiger partial charge in [-0.15, -0.1) is 10.2 Å². The molecule has 5 rings (SSSR count). The maximum Gasteiger partial charge on any atom is 0.262 e. The molecule has 0 saturated carbocycles. The van der Waals surface area contributed by atoms with Crippen molar-refractivity contribution in [3.63, 3.8) is 0 Å². The molecule has 10 heteroatoms. The fraction of sp³-hybridized carbons (Fsp3) is 0.333. The quantitative estimate of drug-likeness (QED) is 0.685. The van der Waals surface area contributed by atoms with Crippen LogP contribution in [0.25, 0.3) is 0 Å². The first-order valence-electron chi connectivity index (χ1n) is 9.95. The van der Waals surface area contributed by atoms with Crippen LogP contribution in [-0.2, 0) is 24.8 Å². The Morgan fingerprint density at radius 2 is 2.10 bits per heavy atom. The van der Waals surface area contributed by atoms with Crippen LogP contribution in [0.5, 0.6) is 11.5 Å². The number of benzene rings is 2. The molecule has 0 fully saturated rings. The predicted octanol–water partition coefficient (Wildman–Crippen LogP) is 2.00. The Bertz CT molecular complexity index is 1160. The van der Waals surface area contributed by atoms with Gasteiger partial charge in [-0.1, -0.05) is 6.07 Å². The summed E-state index contributed by atoms with van der Waals surface area (Å²) in [5, 5.41) is 15.2. The summed E-state index contributed by atoms with van der Waals surface area (Å²) in [5.74, 6) is 1.24. The third-order valence-electron chi connectivity index (χ3n) is 5.57. The Morgan fingerprint density at radius 1 is 1.23 bits per heavy atom. The first kappa shape index (κ1) is 19.3. The summed E-state index contributed by atoms with van der Waals surface area (Å²) in [6.45, 7) is 2.86. The fourth-order valence-corrected chi connectivity index (χ4v) is 3.99. The molecule has 2 aliphatic rings. The molecule has 1 amide bonds. The first-order chi connectivity index (χ1) is 15.0. The summed E-state index contributed by atoms with van der Waals surface area (Å²) in [7, 11) is 1.72. The molecule has 0 unspecified atom stereocenters. The molecule has 9 nitrogen and oxygen atoms in total. The summed E-state index contributed by atoms with van der Waals surface area (Å²) in [6, 6.07) is 8.31. The molecule has 0 spiro atoms. The van der Waals surface area contributed by atoms with Crippen LogP contribution >= 0.6 is 0 Å². The van der Waals surface area contributed by atoms with Gasteiger partial charge in [-0.2, -0.15) is 4.80 Å². The number of nitrogens with one attached hydrogen (secondary N) is 1. The molecule has 3 heterocycles. The van der Waals surface area contributed by atoms with Gasteiger partial charge in [0.25, 0.3) is 5.91 Å². The van der Waals surface area contributed by atoms with Crippen molar-refractivity contribution in [1.82, 2.24) is 20.2 Å². The van der Waals surface area contributed by atoms with E-state index in [4.69, 9.17) is 9.47 Å². The standard InChI is InChI=1S/C21H21FN6O3/c1-12-13(3-6-17-21(12)23-20(29)11-31-17)9-28-15(8-19-24-26-27(2)25-19)10-30-18-7-14(22)4-5-16(18)28/h3-7,15H,8-11H2,1-2H3,(H,23,29)/t15-/m1/s1. The number of carbonyl (C=O) groups excluding carboxylic acids is 1. The number of tetrazole rings is 1. The van der Waals surface area contributed by atoms with Crippen molar-refractivity contribution in [3.8, 4) is 11.5 Å². The van der Waals surface area contributed by atoms with E-state index in [9.17, 15) is 9.18 Å². The summed E-state index contributed by atoms with van der Waals surface area (Å²) in [5.41, 5.74) is 3.42. The second kappa shape index (κ2) is 7.53. The van der Waals surface area contributed by atoms with E-state index in [1.54, 1.807) is 13.1 Å². The number of halogens is 1. The highest BCUT2D eigenvalue weighted by Gasteiger charge is 2.30. The second-order valence-electron chi connectivity index (χ2n) is 7.66. The fourth-order valence-electron chi connectivity index (χ4n) is 3.99. The number of anilines is 2. The molecule has 1 aromatic heterocycles. The van der Waals surface area contributed by atoms with Crippen LogP contribution in [0.1, 0.15) is 17.0 Å². The Hall–Kier alpha value is -3.69. The molecule has 31 heavy (non-hydrogen) atoms. The Balaban J connectivity index is 1.50. The van der Waals surface area contributed by atoms with Crippen molar-refractivity contribution in [2.45, 2.75) is 25.9 Å². The van der Waals surface area contributed by atoms with E-state index in [-0.39, 0.29) is 24.4 Å². The summed E-state index contributed by atoms with van der Waals surface area (Å²) in [4.78, 5) is 15.4. The van der Waals surface area contributed by atoms with Crippen LogP contribution < -0.4 is 19.7 Å². The number of rotatable bonds is 4. The number of nitrogens with zero attached hydrogens (tertiary/aromatic N) is 5. The number of ether oxygens (including phenoxy) is 2. The van der Waals surface area contributed by atoms with Gasteiger partial charge in [-0.3, -0.25) is 4.79 Å². The number of aromatic nitrogens is 4. The van der Waals surface area contributed by atoms with Crippen molar-refractivity contribution >= 4 is 17.3 Å².